The molecule has 120 valence electrons. The van der Waals surface area contributed by atoms with Gasteiger partial charge in [0.05, 0.1) is 0 Å². The molecule has 0 aliphatic heterocycles. The highest BCUT2D eigenvalue weighted by Gasteiger charge is 2.16. The quantitative estimate of drug-likeness (QED) is 0.456. The van der Waals surface area contributed by atoms with E-state index in [0.29, 0.717) is 12.2 Å². The maximum absolute atomic E-state index is 11.6. The number of ether oxygens (including phenoxy) is 1. The summed E-state index contributed by atoms with van der Waals surface area (Å²) in [7, 11) is 1.37. The second-order valence-corrected chi connectivity index (χ2v) is 5.45. The molecule has 0 saturated heterocycles. The Bertz CT molecular complexity index is 741. The van der Waals surface area contributed by atoms with Crippen LogP contribution in [-0.4, -0.2) is 18.1 Å². The van der Waals surface area contributed by atoms with Crippen molar-refractivity contribution < 1.29 is 14.4 Å². The topological polar surface area (TPSA) is 47.9 Å². The molecule has 2 rings (SSSR count). The van der Waals surface area contributed by atoms with Crippen molar-refractivity contribution in [3.63, 3.8) is 0 Å². The van der Waals surface area contributed by atoms with Crippen molar-refractivity contribution in [3.05, 3.63) is 64.7 Å². The molecule has 5 heteroatoms. The molecule has 0 aliphatic carbocycles. The fraction of sp³-hybridized carbons (Fsp3) is 0.222. The summed E-state index contributed by atoms with van der Waals surface area (Å²) in [5.41, 5.74) is 3.70. The summed E-state index contributed by atoms with van der Waals surface area (Å²) < 4.78 is 5.88. The van der Waals surface area contributed by atoms with Crippen LogP contribution in [0.5, 0.6) is 5.75 Å². The minimum atomic E-state index is -0.675. The van der Waals surface area contributed by atoms with Crippen LogP contribution in [0.15, 0.2) is 47.6 Å². The lowest BCUT2D eigenvalue weighted by Crippen LogP contribution is -2.14. The van der Waals surface area contributed by atoms with Gasteiger partial charge in [-0.05, 0) is 42.6 Å². The van der Waals surface area contributed by atoms with Gasteiger partial charge in [-0.3, -0.25) is 4.79 Å². The van der Waals surface area contributed by atoms with Crippen molar-refractivity contribution in [1.82, 2.24) is 0 Å². The van der Waals surface area contributed by atoms with Crippen molar-refractivity contribution in [3.8, 4) is 5.75 Å². The summed E-state index contributed by atoms with van der Waals surface area (Å²) in [5, 5.41) is 3.04. The van der Waals surface area contributed by atoms with E-state index in [-0.39, 0.29) is 5.71 Å². The van der Waals surface area contributed by atoms with E-state index in [2.05, 4.69) is 11.2 Å². The number of hydrogen-bond donors (Lipinski definition) is 0. The first kappa shape index (κ1) is 17.0. The summed E-state index contributed by atoms with van der Waals surface area (Å²) in [4.78, 5) is 16.3. The number of nitrogens with zero attached hydrogens (tertiary/aromatic N) is 1. The van der Waals surface area contributed by atoms with E-state index < -0.39 is 5.24 Å². The molecule has 0 radical (unpaired) electrons. The van der Waals surface area contributed by atoms with Gasteiger partial charge < -0.3 is 9.57 Å². The second kappa shape index (κ2) is 7.79. The molecule has 0 unspecified atom stereocenters. The molecule has 0 aromatic heterocycles. The van der Waals surface area contributed by atoms with Gasteiger partial charge in [-0.2, -0.15) is 0 Å². The second-order valence-electron chi connectivity index (χ2n) is 5.11. The fourth-order valence-corrected chi connectivity index (χ4v) is 2.41. The van der Waals surface area contributed by atoms with E-state index in [0.717, 1.165) is 16.9 Å². The predicted octanol–water partition coefficient (Wildman–Crippen LogP) is 4.00. The van der Waals surface area contributed by atoms with Crippen molar-refractivity contribution in [2.24, 2.45) is 5.16 Å². The van der Waals surface area contributed by atoms with Crippen molar-refractivity contribution in [1.29, 1.82) is 0 Å². The van der Waals surface area contributed by atoms with Gasteiger partial charge in [-0.1, -0.05) is 47.1 Å². The Morgan fingerprint density at radius 2 is 1.91 bits per heavy atom. The van der Waals surface area contributed by atoms with Crippen molar-refractivity contribution >= 4 is 22.6 Å². The SMILES string of the molecule is CO/N=C(/C(=O)Cl)c1ccccc1COc1ccc(C)cc1C. The van der Waals surface area contributed by atoms with Gasteiger partial charge in [0.15, 0.2) is 5.71 Å². The summed E-state index contributed by atoms with van der Waals surface area (Å²) in [6.45, 7) is 4.33. The smallest absolute Gasteiger partial charge is 0.274 e. The molecular formula is C18H18ClNO3. The first-order valence-electron chi connectivity index (χ1n) is 7.12. The van der Waals surface area contributed by atoms with Crippen LogP contribution in [0.25, 0.3) is 0 Å². The van der Waals surface area contributed by atoms with Crippen LogP contribution >= 0.6 is 11.6 Å². The largest absolute Gasteiger partial charge is 0.489 e. The van der Waals surface area contributed by atoms with Gasteiger partial charge in [0.1, 0.15) is 19.5 Å². The van der Waals surface area contributed by atoms with Gasteiger partial charge in [-0.15, -0.1) is 0 Å². The number of halogens is 1. The summed E-state index contributed by atoms with van der Waals surface area (Å²) in [6.07, 6.45) is 0. The first-order chi connectivity index (χ1) is 11.0. The van der Waals surface area contributed by atoms with Crippen LogP contribution in [0.1, 0.15) is 22.3 Å². The lowest BCUT2D eigenvalue weighted by atomic mass is 10.0. The summed E-state index contributed by atoms with van der Waals surface area (Å²) in [6, 6.07) is 13.3. The van der Waals surface area contributed by atoms with E-state index in [1.54, 1.807) is 12.1 Å². The maximum Gasteiger partial charge on any atom is 0.274 e. The Morgan fingerprint density at radius 1 is 1.17 bits per heavy atom. The zero-order valence-corrected chi connectivity index (χ0v) is 14.1. The third-order valence-corrected chi connectivity index (χ3v) is 3.53. The highest BCUT2D eigenvalue weighted by Crippen LogP contribution is 2.21. The molecule has 0 heterocycles. The minimum absolute atomic E-state index is 0.0639. The molecule has 0 bridgehead atoms. The summed E-state index contributed by atoms with van der Waals surface area (Å²) in [5.74, 6) is 0.799. The molecule has 0 N–H and O–H groups in total. The highest BCUT2D eigenvalue weighted by atomic mass is 35.5. The lowest BCUT2D eigenvalue weighted by molar-refractivity contribution is -0.106. The van der Waals surface area contributed by atoms with Gasteiger partial charge in [0, 0.05) is 5.56 Å². The Hall–Kier alpha value is -2.33. The predicted molar refractivity (Wildman–Crippen MR) is 91.1 cm³/mol. The average Bonchev–Trinajstić information content (AvgIpc) is 2.52. The van der Waals surface area contributed by atoms with Crippen LogP contribution in [0.2, 0.25) is 0 Å². The number of oxime groups is 1. The van der Waals surface area contributed by atoms with E-state index in [1.165, 1.54) is 12.7 Å². The first-order valence-corrected chi connectivity index (χ1v) is 7.50. The molecule has 2 aromatic carbocycles. The Morgan fingerprint density at radius 3 is 2.57 bits per heavy atom. The highest BCUT2D eigenvalue weighted by molar-refractivity contribution is 6.84. The van der Waals surface area contributed by atoms with Crippen LogP contribution in [0, 0.1) is 13.8 Å². The normalized spacial score (nSPS) is 11.2. The molecule has 4 nitrogen and oxygen atoms in total. The molecule has 0 saturated carbocycles. The van der Waals surface area contributed by atoms with Gasteiger partial charge >= 0.3 is 0 Å². The van der Waals surface area contributed by atoms with E-state index >= 15 is 0 Å². The van der Waals surface area contributed by atoms with Gasteiger partial charge in [-0.25, -0.2) is 0 Å². The Balaban J connectivity index is 2.27. The van der Waals surface area contributed by atoms with Crippen molar-refractivity contribution in [2.75, 3.05) is 7.11 Å². The maximum atomic E-state index is 11.6. The van der Waals surface area contributed by atoms with Crippen LogP contribution in [0.4, 0.5) is 0 Å². The molecule has 0 atom stereocenters. The molecule has 0 amide bonds. The molecule has 0 fully saturated rings. The minimum Gasteiger partial charge on any atom is -0.489 e. The van der Waals surface area contributed by atoms with Crippen LogP contribution in [0.3, 0.4) is 0 Å². The number of carbonyl (C=O) groups excluding carboxylic acids is 1. The van der Waals surface area contributed by atoms with E-state index in [1.807, 2.05) is 38.1 Å². The monoisotopic (exact) mass is 331 g/mol. The van der Waals surface area contributed by atoms with E-state index in [4.69, 9.17) is 21.2 Å². The van der Waals surface area contributed by atoms with E-state index in [9.17, 15) is 4.79 Å². The zero-order valence-electron chi connectivity index (χ0n) is 13.3. The van der Waals surface area contributed by atoms with Gasteiger partial charge in [0.2, 0.25) is 0 Å². The third kappa shape index (κ3) is 4.33. The molecule has 23 heavy (non-hydrogen) atoms. The average molecular weight is 332 g/mol. The third-order valence-electron chi connectivity index (χ3n) is 3.35. The van der Waals surface area contributed by atoms with Crippen LogP contribution in [-0.2, 0) is 16.2 Å². The number of carbonyl (C=O) groups is 1. The fourth-order valence-electron chi connectivity index (χ4n) is 2.28. The van der Waals surface area contributed by atoms with Gasteiger partial charge in [0.25, 0.3) is 5.24 Å². The number of benzene rings is 2. The standard InChI is InChI=1S/C18H18ClNO3/c1-12-8-9-16(13(2)10-12)23-11-14-6-4-5-7-15(14)17(18(19)21)20-22-3/h4-10H,11H2,1-3H3/b20-17+. The molecule has 0 aliphatic rings. The molecule has 0 spiro atoms. The number of rotatable bonds is 6. The Labute approximate surface area is 140 Å². The van der Waals surface area contributed by atoms with Crippen molar-refractivity contribution in [2.45, 2.75) is 20.5 Å². The number of aryl methyl sites for hydroxylation is 2. The Kier molecular flexibility index (Phi) is 5.77. The zero-order chi connectivity index (χ0) is 16.8. The number of hydrogen-bond acceptors (Lipinski definition) is 4. The molecular weight excluding hydrogens is 314 g/mol. The summed E-state index contributed by atoms with van der Waals surface area (Å²) >= 11 is 5.60. The lowest BCUT2D eigenvalue weighted by Gasteiger charge is -2.13. The molecule has 2 aromatic rings. The van der Waals surface area contributed by atoms with Crippen LogP contribution < -0.4 is 4.74 Å².